The molecule has 2 rings (SSSR count). The quantitative estimate of drug-likeness (QED) is 0.358. The van der Waals surface area contributed by atoms with Gasteiger partial charge in [-0.05, 0) is 29.8 Å². The van der Waals surface area contributed by atoms with Crippen molar-refractivity contribution in [2.45, 2.75) is 13.1 Å². The lowest BCUT2D eigenvalue weighted by Gasteiger charge is -2.15. The lowest BCUT2D eigenvalue weighted by molar-refractivity contribution is -0.127. The van der Waals surface area contributed by atoms with E-state index in [0.717, 1.165) is 17.0 Å². The standard InChI is InChI=1S/C19H25N5O2.HI/c1-24(2)18(25)14-23-19(22-13-16-6-4-5-11-20-16)21-12-15-7-9-17(26-3)10-8-15;/h4-11H,12-14H2,1-3H3,(H2,21,22,23);1H. The number of carbonyl (C=O) groups excluding carboxylic acids is 1. The molecule has 1 amide bonds. The Morgan fingerprint density at radius 3 is 2.48 bits per heavy atom. The van der Waals surface area contributed by atoms with Gasteiger partial charge in [0.05, 0.1) is 32.4 Å². The molecule has 1 heterocycles. The molecule has 1 aromatic heterocycles. The number of amides is 1. The highest BCUT2D eigenvalue weighted by molar-refractivity contribution is 14.0. The third kappa shape index (κ3) is 8.25. The molecule has 7 nitrogen and oxygen atoms in total. The second-order valence-electron chi connectivity index (χ2n) is 5.83. The van der Waals surface area contributed by atoms with Crippen molar-refractivity contribution >= 4 is 35.8 Å². The normalized spacial score (nSPS) is 10.6. The maximum absolute atomic E-state index is 11.8. The van der Waals surface area contributed by atoms with Crippen molar-refractivity contribution in [2.75, 3.05) is 27.7 Å². The first kappa shape index (κ1) is 22.7. The molecule has 27 heavy (non-hydrogen) atoms. The van der Waals surface area contributed by atoms with Crippen molar-refractivity contribution in [1.29, 1.82) is 0 Å². The Labute approximate surface area is 177 Å². The largest absolute Gasteiger partial charge is 0.497 e. The van der Waals surface area contributed by atoms with Gasteiger partial charge in [-0.2, -0.15) is 0 Å². The smallest absolute Gasteiger partial charge is 0.241 e. The minimum Gasteiger partial charge on any atom is -0.497 e. The number of aliphatic imine (C=N–C) groups is 1. The van der Waals surface area contributed by atoms with E-state index in [1.54, 1.807) is 27.4 Å². The maximum Gasteiger partial charge on any atom is 0.241 e. The van der Waals surface area contributed by atoms with E-state index in [1.807, 2.05) is 42.5 Å². The summed E-state index contributed by atoms with van der Waals surface area (Å²) in [6.07, 6.45) is 1.74. The zero-order valence-corrected chi connectivity index (χ0v) is 18.1. The van der Waals surface area contributed by atoms with Gasteiger partial charge in [0.1, 0.15) is 5.75 Å². The number of likely N-dealkylation sites (N-methyl/N-ethyl adjacent to an activating group) is 1. The molecular formula is C19H26IN5O2. The van der Waals surface area contributed by atoms with Crippen molar-refractivity contribution in [2.24, 2.45) is 4.99 Å². The molecule has 1 aromatic carbocycles. The van der Waals surface area contributed by atoms with Gasteiger partial charge in [0.2, 0.25) is 5.91 Å². The number of rotatable bonds is 7. The average Bonchev–Trinajstić information content (AvgIpc) is 2.68. The van der Waals surface area contributed by atoms with Gasteiger partial charge in [-0.3, -0.25) is 9.78 Å². The second-order valence-corrected chi connectivity index (χ2v) is 5.83. The predicted octanol–water partition coefficient (Wildman–Crippen LogP) is 2.03. The lowest BCUT2D eigenvalue weighted by atomic mass is 10.2. The van der Waals surface area contributed by atoms with Gasteiger partial charge in [0.25, 0.3) is 0 Å². The molecule has 8 heteroatoms. The summed E-state index contributed by atoms with van der Waals surface area (Å²) >= 11 is 0. The van der Waals surface area contributed by atoms with E-state index >= 15 is 0 Å². The minimum atomic E-state index is -0.0261. The van der Waals surface area contributed by atoms with Crippen LogP contribution in [0, 0.1) is 0 Å². The summed E-state index contributed by atoms with van der Waals surface area (Å²) in [6.45, 7) is 1.17. The summed E-state index contributed by atoms with van der Waals surface area (Å²) in [5.74, 6) is 1.34. The molecule has 0 spiro atoms. The van der Waals surface area contributed by atoms with E-state index in [-0.39, 0.29) is 36.4 Å². The Balaban J connectivity index is 0.00000364. The van der Waals surface area contributed by atoms with Crippen LogP contribution in [0.15, 0.2) is 53.7 Å². The summed E-state index contributed by atoms with van der Waals surface area (Å²) < 4.78 is 5.16. The van der Waals surface area contributed by atoms with Crippen LogP contribution in [0.2, 0.25) is 0 Å². The molecule has 0 saturated carbocycles. The number of hydrogen-bond acceptors (Lipinski definition) is 4. The number of ether oxygens (including phenoxy) is 1. The zero-order chi connectivity index (χ0) is 18.8. The van der Waals surface area contributed by atoms with Crippen LogP contribution in [0.3, 0.4) is 0 Å². The molecule has 0 radical (unpaired) electrons. The van der Waals surface area contributed by atoms with Crippen LogP contribution >= 0.6 is 24.0 Å². The third-order valence-electron chi connectivity index (χ3n) is 3.65. The van der Waals surface area contributed by atoms with E-state index in [1.165, 1.54) is 4.90 Å². The number of guanidine groups is 1. The molecule has 0 atom stereocenters. The van der Waals surface area contributed by atoms with E-state index in [0.29, 0.717) is 19.0 Å². The van der Waals surface area contributed by atoms with E-state index in [2.05, 4.69) is 20.6 Å². The lowest BCUT2D eigenvalue weighted by Crippen LogP contribution is -2.42. The van der Waals surface area contributed by atoms with Gasteiger partial charge in [0.15, 0.2) is 5.96 Å². The molecule has 0 aliphatic heterocycles. The van der Waals surface area contributed by atoms with E-state index < -0.39 is 0 Å². The van der Waals surface area contributed by atoms with Crippen LogP contribution in [0.1, 0.15) is 11.3 Å². The first-order valence-electron chi connectivity index (χ1n) is 8.33. The van der Waals surface area contributed by atoms with Crippen molar-refractivity contribution in [3.8, 4) is 5.75 Å². The second kappa shape index (κ2) is 12.1. The van der Waals surface area contributed by atoms with E-state index in [4.69, 9.17) is 4.74 Å². The van der Waals surface area contributed by atoms with Crippen LogP contribution in [0.4, 0.5) is 0 Å². The highest BCUT2D eigenvalue weighted by atomic mass is 127. The fourth-order valence-electron chi connectivity index (χ4n) is 2.07. The first-order valence-corrected chi connectivity index (χ1v) is 8.33. The zero-order valence-electron chi connectivity index (χ0n) is 15.8. The number of carbonyl (C=O) groups is 1. The number of pyridine rings is 1. The summed E-state index contributed by atoms with van der Waals surface area (Å²) in [6, 6.07) is 13.5. The van der Waals surface area contributed by atoms with Gasteiger partial charge in [-0.25, -0.2) is 4.99 Å². The Morgan fingerprint density at radius 1 is 1.15 bits per heavy atom. The Bertz CT molecular complexity index is 721. The monoisotopic (exact) mass is 483 g/mol. The summed E-state index contributed by atoms with van der Waals surface area (Å²) in [4.78, 5) is 22.2. The van der Waals surface area contributed by atoms with Gasteiger partial charge in [-0.15, -0.1) is 24.0 Å². The Kier molecular flexibility index (Phi) is 10.2. The van der Waals surface area contributed by atoms with Crippen molar-refractivity contribution < 1.29 is 9.53 Å². The molecule has 0 aliphatic carbocycles. The fraction of sp³-hybridized carbons (Fsp3) is 0.316. The van der Waals surface area contributed by atoms with Crippen LogP contribution in [-0.2, 0) is 17.9 Å². The highest BCUT2D eigenvalue weighted by Gasteiger charge is 2.06. The Hall–Kier alpha value is -2.36. The molecular weight excluding hydrogens is 457 g/mol. The molecule has 0 fully saturated rings. The molecule has 0 aliphatic rings. The van der Waals surface area contributed by atoms with Crippen molar-refractivity contribution in [1.82, 2.24) is 20.5 Å². The number of nitrogens with one attached hydrogen (secondary N) is 2. The van der Waals surface area contributed by atoms with Crippen LogP contribution in [0.5, 0.6) is 5.75 Å². The van der Waals surface area contributed by atoms with Gasteiger partial charge in [-0.1, -0.05) is 18.2 Å². The summed E-state index contributed by atoms with van der Waals surface area (Å²) in [5.41, 5.74) is 1.94. The average molecular weight is 483 g/mol. The van der Waals surface area contributed by atoms with Gasteiger partial charge >= 0.3 is 0 Å². The maximum atomic E-state index is 11.8. The van der Waals surface area contributed by atoms with Crippen LogP contribution in [-0.4, -0.2) is 49.5 Å². The number of benzene rings is 1. The summed E-state index contributed by atoms with van der Waals surface area (Å²) in [7, 11) is 5.08. The third-order valence-corrected chi connectivity index (χ3v) is 3.65. The molecule has 0 bridgehead atoms. The van der Waals surface area contributed by atoms with Gasteiger partial charge in [0, 0.05) is 20.3 Å². The SMILES string of the molecule is COc1ccc(CN=C(NCC(=O)N(C)C)NCc2ccccn2)cc1.I. The molecule has 146 valence electrons. The number of halogens is 1. The predicted molar refractivity (Wildman–Crippen MR) is 117 cm³/mol. The molecule has 0 saturated heterocycles. The fourth-order valence-corrected chi connectivity index (χ4v) is 2.07. The van der Waals surface area contributed by atoms with Crippen LogP contribution in [0.25, 0.3) is 0 Å². The Morgan fingerprint density at radius 2 is 1.89 bits per heavy atom. The van der Waals surface area contributed by atoms with Gasteiger partial charge < -0.3 is 20.3 Å². The van der Waals surface area contributed by atoms with E-state index in [9.17, 15) is 4.79 Å². The minimum absolute atomic E-state index is 0. The first-order chi connectivity index (χ1) is 12.6. The van der Waals surface area contributed by atoms with Crippen LogP contribution < -0.4 is 15.4 Å². The molecule has 0 unspecified atom stereocenters. The molecule has 2 N–H and O–H groups in total. The highest BCUT2D eigenvalue weighted by Crippen LogP contribution is 2.11. The summed E-state index contributed by atoms with van der Waals surface area (Å²) in [5, 5.41) is 6.26. The number of methoxy groups -OCH3 is 1. The number of nitrogens with zero attached hydrogens (tertiary/aromatic N) is 3. The topological polar surface area (TPSA) is 78.8 Å². The number of hydrogen-bond donors (Lipinski definition) is 2. The number of aromatic nitrogens is 1. The van der Waals surface area contributed by atoms with Crippen molar-refractivity contribution in [3.63, 3.8) is 0 Å². The van der Waals surface area contributed by atoms with Crippen molar-refractivity contribution in [3.05, 3.63) is 59.9 Å². The molecule has 2 aromatic rings.